The van der Waals surface area contributed by atoms with Gasteiger partial charge in [-0.2, -0.15) is 0 Å². The molecule has 0 saturated heterocycles. The van der Waals surface area contributed by atoms with E-state index >= 15 is 0 Å². The van der Waals surface area contributed by atoms with Crippen molar-refractivity contribution >= 4 is 11.9 Å². The van der Waals surface area contributed by atoms with Gasteiger partial charge in [0.05, 0.1) is 26.1 Å². The van der Waals surface area contributed by atoms with Gasteiger partial charge in [-0.1, -0.05) is 117 Å². The van der Waals surface area contributed by atoms with Gasteiger partial charge < -0.3 is 9.47 Å². The van der Waals surface area contributed by atoms with Crippen LogP contribution in [-0.4, -0.2) is 26.2 Å². The number of hydrogen-bond donors (Lipinski definition) is 0. The summed E-state index contributed by atoms with van der Waals surface area (Å²) >= 11 is 0. The summed E-state index contributed by atoms with van der Waals surface area (Å²) in [6.07, 6.45) is 21.0. The minimum atomic E-state index is -0.368. The predicted molar refractivity (Wildman–Crippen MR) is 125 cm³/mol. The van der Waals surface area contributed by atoms with Crippen LogP contribution in [0.15, 0.2) is 0 Å². The highest BCUT2D eigenvalue weighted by molar-refractivity contribution is 5.81. The average Bonchev–Trinajstić information content (AvgIpc) is 2.76. The van der Waals surface area contributed by atoms with Crippen LogP contribution in [0.1, 0.15) is 129 Å². The van der Waals surface area contributed by atoms with E-state index in [-0.39, 0.29) is 23.8 Å². The summed E-state index contributed by atoms with van der Waals surface area (Å²) in [6, 6.07) is 0. The Morgan fingerprint density at radius 3 is 1.03 bits per heavy atom. The molecule has 2 atom stereocenters. The minimum Gasteiger partial charge on any atom is -0.469 e. The number of esters is 2. The van der Waals surface area contributed by atoms with Crippen LogP contribution in [0.5, 0.6) is 0 Å². The predicted octanol–water partition coefficient (Wildman–Crippen LogP) is 7.63. The molecule has 0 fully saturated rings. The van der Waals surface area contributed by atoms with Crippen molar-refractivity contribution in [2.24, 2.45) is 11.8 Å². The monoisotopic (exact) mass is 426 g/mol. The lowest BCUT2D eigenvalue weighted by Gasteiger charge is -2.23. The van der Waals surface area contributed by atoms with Crippen LogP contribution >= 0.6 is 0 Å². The van der Waals surface area contributed by atoms with E-state index in [9.17, 15) is 9.59 Å². The second-order valence-electron chi connectivity index (χ2n) is 8.79. The maximum absolute atomic E-state index is 12.4. The largest absolute Gasteiger partial charge is 0.469 e. The van der Waals surface area contributed by atoms with Crippen molar-refractivity contribution in [3.63, 3.8) is 0 Å². The molecule has 0 amide bonds. The molecule has 4 nitrogen and oxygen atoms in total. The molecule has 0 radical (unpaired) electrons. The number of hydrogen-bond acceptors (Lipinski definition) is 4. The molecular weight excluding hydrogens is 376 g/mol. The quantitative estimate of drug-likeness (QED) is 0.140. The van der Waals surface area contributed by atoms with Crippen LogP contribution in [0.4, 0.5) is 0 Å². The Morgan fingerprint density at radius 1 is 0.500 bits per heavy atom. The lowest BCUT2D eigenvalue weighted by Crippen LogP contribution is -2.32. The second kappa shape index (κ2) is 21.2. The highest BCUT2D eigenvalue weighted by atomic mass is 16.5. The second-order valence-corrected chi connectivity index (χ2v) is 8.79. The molecule has 4 heteroatoms. The van der Waals surface area contributed by atoms with E-state index in [1.54, 1.807) is 0 Å². The van der Waals surface area contributed by atoms with Crippen molar-refractivity contribution in [2.45, 2.75) is 129 Å². The van der Waals surface area contributed by atoms with E-state index < -0.39 is 0 Å². The Morgan fingerprint density at radius 2 is 0.767 bits per heavy atom. The molecule has 0 rings (SSSR count). The van der Waals surface area contributed by atoms with Crippen molar-refractivity contribution in [3.8, 4) is 0 Å². The maximum atomic E-state index is 12.4. The zero-order valence-electron chi connectivity index (χ0n) is 20.5. The van der Waals surface area contributed by atoms with Crippen molar-refractivity contribution in [3.05, 3.63) is 0 Å². The average molecular weight is 427 g/mol. The number of unbranched alkanes of at least 4 members (excludes halogenated alkanes) is 14. The van der Waals surface area contributed by atoms with Crippen LogP contribution in [0.3, 0.4) is 0 Å². The minimum absolute atomic E-state index is 0.257. The zero-order chi connectivity index (χ0) is 22.5. The number of carbonyl (C=O) groups is 2. The standard InChI is InChI=1S/C26H50O4/c1-5-7-9-11-13-15-17-19-21-23(25(27)29-3)24(26(28)30-4)22-20-18-16-14-12-10-8-6-2/h23-24H,5-22H2,1-4H3. The van der Waals surface area contributed by atoms with E-state index in [0.29, 0.717) is 0 Å². The van der Waals surface area contributed by atoms with E-state index in [1.807, 2.05) is 0 Å². The number of rotatable bonds is 21. The molecule has 178 valence electrons. The maximum Gasteiger partial charge on any atom is 0.309 e. The molecule has 0 aromatic carbocycles. The normalized spacial score (nSPS) is 13.1. The van der Waals surface area contributed by atoms with Crippen LogP contribution in [-0.2, 0) is 19.1 Å². The first-order valence-corrected chi connectivity index (χ1v) is 12.8. The SMILES string of the molecule is CCCCCCCCCCC(C(=O)OC)C(CCCCCCCCCC)C(=O)OC. The van der Waals surface area contributed by atoms with Crippen molar-refractivity contribution in [1.29, 1.82) is 0 Å². The van der Waals surface area contributed by atoms with Gasteiger partial charge in [0.1, 0.15) is 0 Å². The number of ether oxygens (including phenoxy) is 2. The highest BCUT2D eigenvalue weighted by Gasteiger charge is 2.34. The van der Waals surface area contributed by atoms with Gasteiger partial charge in [0, 0.05) is 0 Å². The van der Waals surface area contributed by atoms with Gasteiger partial charge in [0.25, 0.3) is 0 Å². The number of methoxy groups -OCH3 is 2. The fourth-order valence-electron chi connectivity index (χ4n) is 4.27. The summed E-state index contributed by atoms with van der Waals surface area (Å²) in [5.74, 6) is -1.25. The lowest BCUT2D eigenvalue weighted by molar-refractivity contribution is -0.158. The summed E-state index contributed by atoms with van der Waals surface area (Å²) in [6.45, 7) is 4.47. The molecule has 30 heavy (non-hydrogen) atoms. The van der Waals surface area contributed by atoms with Gasteiger partial charge in [-0.05, 0) is 12.8 Å². The summed E-state index contributed by atoms with van der Waals surface area (Å²) in [7, 11) is 2.85. The zero-order valence-corrected chi connectivity index (χ0v) is 20.5. The molecule has 0 aromatic heterocycles. The fraction of sp³-hybridized carbons (Fsp3) is 0.923. The Balaban J connectivity index is 4.39. The Labute approximate surface area is 186 Å². The van der Waals surface area contributed by atoms with Crippen molar-refractivity contribution in [1.82, 2.24) is 0 Å². The van der Waals surface area contributed by atoms with Gasteiger partial charge in [0.2, 0.25) is 0 Å². The molecule has 0 aliphatic heterocycles. The summed E-state index contributed by atoms with van der Waals surface area (Å²) in [5, 5.41) is 0. The molecule has 0 saturated carbocycles. The van der Waals surface area contributed by atoms with E-state index in [4.69, 9.17) is 9.47 Å². The molecule has 0 N–H and O–H groups in total. The third-order valence-corrected chi connectivity index (χ3v) is 6.23. The summed E-state index contributed by atoms with van der Waals surface area (Å²) in [4.78, 5) is 24.8. The van der Waals surface area contributed by atoms with Crippen LogP contribution in [0.2, 0.25) is 0 Å². The lowest BCUT2D eigenvalue weighted by atomic mass is 9.83. The molecule has 0 aromatic rings. The van der Waals surface area contributed by atoms with Crippen LogP contribution in [0.25, 0.3) is 0 Å². The highest BCUT2D eigenvalue weighted by Crippen LogP contribution is 2.28. The first-order valence-electron chi connectivity index (χ1n) is 12.8. The van der Waals surface area contributed by atoms with Gasteiger partial charge >= 0.3 is 11.9 Å². The van der Waals surface area contributed by atoms with Crippen LogP contribution < -0.4 is 0 Å². The third-order valence-electron chi connectivity index (χ3n) is 6.23. The fourth-order valence-corrected chi connectivity index (χ4v) is 4.27. The Kier molecular flexibility index (Phi) is 20.4. The molecule has 2 unspecified atom stereocenters. The molecule has 0 spiro atoms. The number of carbonyl (C=O) groups excluding carboxylic acids is 2. The molecule has 0 aliphatic carbocycles. The summed E-state index contributed by atoms with van der Waals surface area (Å²) < 4.78 is 10.1. The first kappa shape index (κ1) is 28.9. The molecule has 0 bridgehead atoms. The van der Waals surface area contributed by atoms with Crippen molar-refractivity contribution < 1.29 is 19.1 Å². The van der Waals surface area contributed by atoms with E-state index in [1.165, 1.54) is 91.3 Å². The summed E-state index contributed by atoms with van der Waals surface area (Å²) in [5.41, 5.74) is 0. The van der Waals surface area contributed by atoms with Gasteiger partial charge in [-0.15, -0.1) is 0 Å². The van der Waals surface area contributed by atoms with Gasteiger partial charge in [-0.3, -0.25) is 9.59 Å². The third kappa shape index (κ3) is 14.8. The Hall–Kier alpha value is -1.06. The van der Waals surface area contributed by atoms with E-state index in [2.05, 4.69) is 13.8 Å². The van der Waals surface area contributed by atoms with Gasteiger partial charge in [-0.25, -0.2) is 0 Å². The molecular formula is C26H50O4. The molecule has 0 heterocycles. The van der Waals surface area contributed by atoms with E-state index in [0.717, 1.165) is 38.5 Å². The van der Waals surface area contributed by atoms with Crippen molar-refractivity contribution in [2.75, 3.05) is 14.2 Å². The first-order chi connectivity index (χ1) is 14.6. The topological polar surface area (TPSA) is 52.6 Å². The van der Waals surface area contributed by atoms with Gasteiger partial charge in [0.15, 0.2) is 0 Å². The van der Waals surface area contributed by atoms with Crippen LogP contribution in [0, 0.1) is 11.8 Å². The Bertz CT molecular complexity index is 370. The smallest absolute Gasteiger partial charge is 0.309 e. The molecule has 0 aliphatic rings.